The predicted octanol–water partition coefficient (Wildman–Crippen LogP) is 1.22. The number of sulfonamides is 1. The quantitative estimate of drug-likeness (QED) is 0.825. The normalized spacial score (nSPS) is 17.3. The molecule has 1 aliphatic rings. The molecule has 22 heavy (non-hydrogen) atoms. The minimum absolute atomic E-state index is 0.0531. The molecule has 1 saturated heterocycles. The maximum atomic E-state index is 12.3. The lowest BCUT2D eigenvalue weighted by Gasteiger charge is -2.34. The van der Waals surface area contributed by atoms with Gasteiger partial charge in [-0.25, -0.2) is 18.5 Å². The van der Waals surface area contributed by atoms with Gasteiger partial charge < -0.3 is 4.90 Å². The van der Waals surface area contributed by atoms with Crippen molar-refractivity contribution in [2.45, 2.75) is 11.2 Å². The van der Waals surface area contributed by atoms with E-state index in [9.17, 15) is 26.4 Å². The van der Waals surface area contributed by atoms with Gasteiger partial charge in [-0.3, -0.25) is 0 Å². The number of hydrogen-bond donors (Lipinski definition) is 1. The van der Waals surface area contributed by atoms with Gasteiger partial charge in [-0.05, 0) is 12.1 Å². The fraction of sp³-hybridized carbons (Fsp3) is 0.417. The Bertz CT molecular complexity index is 626. The summed E-state index contributed by atoms with van der Waals surface area (Å²) in [7, 11) is -3.69. The second-order valence-corrected chi connectivity index (χ2v) is 6.57. The Morgan fingerprint density at radius 2 is 1.59 bits per heavy atom. The molecule has 2 rings (SSSR count). The molecular weight excluding hydrogens is 323 g/mol. The van der Waals surface area contributed by atoms with Crippen LogP contribution < -0.4 is 5.32 Å². The number of alkyl halides is 3. The number of carbonyl (C=O) groups is 1. The first-order valence-corrected chi connectivity index (χ1v) is 7.83. The molecule has 1 heterocycles. The van der Waals surface area contributed by atoms with Gasteiger partial charge in [0.05, 0.1) is 4.90 Å². The van der Waals surface area contributed by atoms with E-state index in [-0.39, 0.29) is 31.1 Å². The van der Waals surface area contributed by atoms with Gasteiger partial charge in [0.2, 0.25) is 10.0 Å². The van der Waals surface area contributed by atoms with Gasteiger partial charge in [0, 0.05) is 26.2 Å². The number of amides is 2. The molecule has 1 aliphatic heterocycles. The van der Waals surface area contributed by atoms with E-state index in [1.165, 1.54) is 12.1 Å². The van der Waals surface area contributed by atoms with Crippen LogP contribution in [-0.4, -0.2) is 56.1 Å². The predicted molar refractivity (Wildman–Crippen MR) is 71.4 cm³/mol. The third kappa shape index (κ3) is 3.89. The third-order valence-electron chi connectivity index (χ3n) is 3.16. The lowest BCUT2D eigenvalue weighted by molar-refractivity contribution is -0.147. The third-order valence-corrected chi connectivity index (χ3v) is 5.07. The number of nitrogens with zero attached hydrogens (tertiary/aromatic N) is 2. The van der Waals surface area contributed by atoms with Crippen LogP contribution >= 0.6 is 0 Å². The molecule has 10 heteroatoms. The highest BCUT2D eigenvalue weighted by Crippen LogP contribution is 2.18. The molecule has 1 aromatic carbocycles. The zero-order valence-corrected chi connectivity index (χ0v) is 12.2. The van der Waals surface area contributed by atoms with Crippen LogP contribution in [0.3, 0.4) is 0 Å². The number of benzene rings is 1. The molecule has 122 valence electrons. The number of halogens is 3. The van der Waals surface area contributed by atoms with Gasteiger partial charge in [-0.15, -0.1) is 0 Å². The molecule has 2 amide bonds. The van der Waals surface area contributed by atoms with E-state index in [1.54, 1.807) is 18.2 Å². The molecule has 0 bridgehead atoms. The summed E-state index contributed by atoms with van der Waals surface area (Å²) in [5, 5.41) is 0.893. The molecule has 1 fully saturated rings. The van der Waals surface area contributed by atoms with Crippen molar-refractivity contribution in [3.63, 3.8) is 0 Å². The maximum Gasteiger partial charge on any atom is 0.485 e. The van der Waals surface area contributed by atoms with Crippen LogP contribution in [0, 0.1) is 0 Å². The molecule has 0 aromatic heterocycles. The van der Waals surface area contributed by atoms with Crippen molar-refractivity contribution in [2.75, 3.05) is 26.2 Å². The zero-order valence-electron chi connectivity index (χ0n) is 11.4. The second kappa shape index (κ2) is 6.13. The largest absolute Gasteiger partial charge is 0.485 e. The molecule has 0 radical (unpaired) electrons. The number of nitrogens with one attached hydrogen (secondary N) is 1. The number of hydrogen-bond acceptors (Lipinski definition) is 3. The minimum atomic E-state index is -4.80. The summed E-state index contributed by atoms with van der Waals surface area (Å²) >= 11 is 0. The Morgan fingerprint density at radius 1 is 1.05 bits per heavy atom. The van der Waals surface area contributed by atoms with Gasteiger partial charge in [-0.2, -0.15) is 17.5 Å². The molecule has 6 nitrogen and oxygen atoms in total. The summed E-state index contributed by atoms with van der Waals surface area (Å²) in [5.74, 6) is 0. The number of piperazine rings is 1. The minimum Gasteiger partial charge on any atom is -0.322 e. The molecule has 0 spiro atoms. The first-order valence-electron chi connectivity index (χ1n) is 6.39. The highest BCUT2D eigenvalue weighted by atomic mass is 32.2. The Morgan fingerprint density at radius 3 is 2.09 bits per heavy atom. The highest BCUT2D eigenvalue weighted by molar-refractivity contribution is 7.89. The smallest absolute Gasteiger partial charge is 0.322 e. The van der Waals surface area contributed by atoms with Crippen molar-refractivity contribution >= 4 is 16.1 Å². The van der Waals surface area contributed by atoms with Crippen LogP contribution in [0.5, 0.6) is 0 Å². The summed E-state index contributed by atoms with van der Waals surface area (Å²) in [6, 6.07) is 6.46. The monoisotopic (exact) mass is 337 g/mol. The average molecular weight is 337 g/mol. The fourth-order valence-electron chi connectivity index (χ4n) is 2.07. The van der Waals surface area contributed by atoms with Crippen LogP contribution in [0.4, 0.5) is 18.0 Å². The standard InChI is InChI=1S/C12H14F3N3O3S/c13-12(14,15)16-11(19)17-6-8-18(9-7-17)22(20,21)10-4-2-1-3-5-10/h1-5H,6-9H2,(H,16,19). The molecular formula is C12H14F3N3O3S. The Hall–Kier alpha value is -1.81. The van der Waals surface area contributed by atoms with E-state index in [0.29, 0.717) is 0 Å². The van der Waals surface area contributed by atoms with E-state index in [1.807, 2.05) is 0 Å². The van der Waals surface area contributed by atoms with Crippen LogP contribution in [0.2, 0.25) is 0 Å². The van der Waals surface area contributed by atoms with Gasteiger partial charge in [0.1, 0.15) is 0 Å². The summed E-state index contributed by atoms with van der Waals surface area (Å²) in [6.45, 7) is -0.313. The molecule has 0 saturated carbocycles. The van der Waals surface area contributed by atoms with Crippen LogP contribution in [0.25, 0.3) is 0 Å². The van der Waals surface area contributed by atoms with Crippen molar-refractivity contribution in [3.8, 4) is 0 Å². The number of carbonyl (C=O) groups excluding carboxylic acids is 1. The number of urea groups is 1. The van der Waals surface area contributed by atoms with E-state index >= 15 is 0 Å². The van der Waals surface area contributed by atoms with Crippen LogP contribution in [0.15, 0.2) is 35.2 Å². The summed E-state index contributed by atoms with van der Waals surface area (Å²) in [5.41, 5.74) is 0. The van der Waals surface area contributed by atoms with E-state index in [0.717, 1.165) is 14.5 Å². The Kier molecular flexibility index (Phi) is 4.61. The van der Waals surface area contributed by atoms with Crippen molar-refractivity contribution < 1.29 is 26.4 Å². The highest BCUT2D eigenvalue weighted by Gasteiger charge is 2.35. The summed E-state index contributed by atoms with van der Waals surface area (Å²) < 4.78 is 62.0. The van der Waals surface area contributed by atoms with Crippen molar-refractivity contribution in [1.82, 2.24) is 14.5 Å². The summed E-state index contributed by atoms with van der Waals surface area (Å²) in [4.78, 5) is 12.4. The number of rotatable bonds is 2. The SMILES string of the molecule is O=C(NC(F)(F)F)N1CCN(S(=O)(=O)c2ccccc2)CC1. The van der Waals surface area contributed by atoms with Gasteiger partial charge in [-0.1, -0.05) is 18.2 Å². The van der Waals surface area contributed by atoms with Crippen LogP contribution in [0.1, 0.15) is 0 Å². The Labute approximate surface area is 125 Å². The molecule has 0 aliphatic carbocycles. The molecule has 0 unspecified atom stereocenters. The maximum absolute atomic E-state index is 12.3. The van der Waals surface area contributed by atoms with Gasteiger partial charge in [0.25, 0.3) is 0 Å². The van der Waals surface area contributed by atoms with E-state index in [2.05, 4.69) is 0 Å². The first-order chi connectivity index (χ1) is 10.2. The second-order valence-electron chi connectivity index (χ2n) is 4.63. The Balaban J connectivity index is 1.99. The average Bonchev–Trinajstić information content (AvgIpc) is 2.46. The van der Waals surface area contributed by atoms with Crippen LogP contribution in [-0.2, 0) is 10.0 Å². The van der Waals surface area contributed by atoms with Gasteiger partial charge in [0.15, 0.2) is 0 Å². The summed E-state index contributed by atoms with van der Waals surface area (Å²) in [6.07, 6.45) is -4.80. The first kappa shape index (κ1) is 16.6. The van der Waals surface area contributed by atoms with E-state index in [4.69, 9.17) is 0 Å². The van der Waals surface area contributed by atoms with Crippen molar-refractivity contribution in [1.29, 1.82) is 0 Å². The molecule has 0 atom stereocenters. The van der Waals surface area contributed by atoms with E-state index < -0.39 is 22.4 Å². The fourth-order valence-corrected chi connectivity index (χ4v) is 3.52. The zero-order chi connectivity index (χ0) is 16.4. The lowest BCUT2D eigenvalue weighted by Crippen LogP contribution is -2.55. The van der Waals surface area contributed by atoms with Crippen molar-refractivity contribution in [2.24, 2.45) is 0 Å². The van der Waals surface area contributed by atoms with Crippen molar-refractivity contribution in [3.05, 3.63) is 30.3 Å². The van der Waals surface area contributed by atoms with Gasteiger partial charge >= 0.3 is 12.3 Å². The molecule has 1 N–H and O–H groups in total. The topological polar surface area (TPSA) is 69.7 Å². The molecule has 1 aromatic rings. The lowest BCUT2D eigenvalue weighted by atomic mass is 10.4.